The normalized spacial score (nSPS) is 10.2. The maximum Gasteiger partial charge on any atom is 0.263 e. The molecular formula is C18H21NO3. The molecule has 1 amide bonds. The number of hydrogen-bond acceptors (Lipinski definition) is 3. The van der Waals surface area contributed by atoms with E-state index in [0.717, 1.165) is 16.8 Å². The molecule has 2 rings (SSSR count). The van der Waals surface area contributed by atoms with E-state index in [0.29, 0.717) is 17.1 Å². The van der Waals surface area contributed by atoms with Crippen molar-refractivity contribution in [3.63, 3.8) is 0 Å². The number of methoxy groups -OCH3 is 2. The van der Waals surface area contributed by atoms with Gasteiger partial charge in [-0.3, -0.25) is 4.79 Å². The van der Waals surface area contributed by atoms with Gasteiger partial charge in [-0.2, -0.15) is 0 Å². The molecule has 2 aromatic rings. The highest BCUT2D eigenvalue weighted by Gasteiger charge is 2.19. The van der Waals surface area contributed by atoms with Crippen LogP contribution in [0.3, 0.4) is 0 Å². The summed E-state index contributed by atoms with van der Waals surface area (Å²) < 4.78 is 10.6. The van der Waals surface area contributed by atoms with Crippen molar-refractivity contribution in [2.75, 3.05) is 19.5 Å². The maximum atomic E-state index is 12.7. The van der Waals surface area contributed by atoms with Gasteiger partial charge in [0, 0.05) is 5.69 Å². The number of hydrogen-bond donors (Lipinski definition) is 1. The molecule has 0 saturated carbocycles. The molecule has 0 spiro atoms. The minimum absolute atomic E-state index is 0.246. The summed E-state index contributed by atoms with van der Waals surface area (Å²) in [6.07, 6.45) is 0. The van der Waals surface area contributed by atoms with Crippen LogP contribution in [0.2, 0.25) is 0 Å². The lowest BCUT2D eigenvalue weighted by Gasteiger charge is -2.16. The highest BCUT2D eigenvalue weighted by molar-refractivity contribution is 6.08. The molecule has 0 aliphatic carbocycles. The van der Waals surface area contributed by atoms with Crippen molar-refractivity contribution in [1.82, 2.24) is 0 Å². The zero-order chi connectivity index (χ0) is 16.3. The number of carbonyl (C=O) groups is 1. The third-order valence-corrected chi connectivity index (χ3v) is 3.57. The van der Waals surface area contributed by atoms with Crippen LogP contribution in [0, 0.1) is 20.8 Å². The molecule has 1 N–H and O–H groups in total. The molecule has 0 fully saturated rings. The van der Waals surface area contributed by atoms with Crippen molar-refractivity contribution in [3.05, 3.63) is 52.6 Å². The molecule has 22 heavy (non-hydrogen) atoms. The fourth-order valence-corrected chi connectivity index (χ4v) is 2.63. The van der Waals surface area contributed by atoms with E-state index in [-0.39, 0.29) is 5.91 Å². The standard InChI is InChI=1S/C18H21NO3/c1-11-9-12(2)17(13(3)10-11)19-18(20)16-14(21-4)7-6-8-15(16)22-5/h6-10H,1-5H3,(H,19,20). The smallest absolute Gasteiger partial charge is 0.263 e. The molecule has 0 aromatic heterocycles. The SMILES string of the molecule is COc1cccc(OC)c1C(=O)Nc1c(C)cc(C)cc1C. The Bertz CT molecular complexity index is 662. The molecule has 0 saturated heterocycles. The first-order valence-corrected chi connectivity index (χ1v) is 7.08. The van der Waals surface area contributed by atoms with Crippen LogP contribution in [0.15, 0.2) is 30.3 Å². The molecule has 4 heteroatoms. The van der Waals surface area contributed by atoms with Gasteiger partial charge in [-0.15, -0.1) is 0 Å². The third kappa shape index (κ3) is 3.06. The van der Waals surface area contributed by atoms with Gasteiger partial charge in [0.05, 0.1) is 14.2 Å². The van der Waals surface area contributed by atoms with Crippen LogP contribution in [0.1, 0.15) is 27.0 Å². The zero-order valence-electron chi connectivity index (χ0n) is 13.6. The maximum absolute atomic E-state index is 12.7. The molecule has 0 atom stereocenters. The Balaban J connectivity index is 2.42. The first-order chi connectivity index (χ1) is 10.5. The number of benzene rings is 2. The van der Waals surface area contributed by atoms with Gasteiger partial charge in [-0.25, -0.2) is 0 Å². The van der Waals surface area contributed by atoms with Crippen molar-refractivity contribution in [2.24, 2.45) is 0 Å². The van der Waals surface area contributed by atoms with Crippen molar-refractivity contribution in [2.45, 2.75) is 20.8 Å². The number of aryl methyl sites for hydroxylation is 3. The van der Waals surface area contributed by atoms with E-state index in [1.807, 2.05) is 32.9 Å². The highest BCUT2D eigenvalue weighted by Crippen LogP contribution is 2.30. The summed E-state index contributed by atoms with van der Waals surface area (Å²) in [5.74, 6) is 0.725. The fourth-order valence-electron chi connectivity index (χ4n) is 2.63. The number of nitrogens with one attached hydrogen (secondary N) is 1. The molecule has 0 aliphatic rings. The van der Waals surface area contributed by atoms with Crippen molar-refractivity contribution < 1.29 is 14.3 Å². The Hall–Kier alpha value is -2.49. The van der Waals surface area contributed by atoms with Crippen LogP contribution in [-0.4, -0.2) is 20.1 Å². The van der Waals surface area contributed by atoms with Gasteiger partial charge in [-0.05, 0) is 44.0 Å². The molecule has 116 valence electrons. The molecule has 4 nitrogen and oxygen atoms in total. The van der Waals surface area contributed by atoms with Crippen molar-refractivity contribution in [3.8, 4) is 11.5 Å². The number of anilines is 1. The fraction of sp³-hybridized carbons (Fsp3) is 0.278. The average Bonchev–Trinajstić information content (AvgIpc) is 2.49. The molecule has 2 aromatic carbocycles. The summed E-state index contributed by atoms with van der Waals surface area (Å²) in [6, 6.07) is 9.36. The number of carbonyl (C=O) groups excluding carboxylic acids is 1. The van der Waals surface area contributed by atoms with Gasteiger partial charge >= 0.3 is 0 Å². The van der Waals surface area contributed by atoms with Crippen molar-refractivity contribution >= 4 is 11.6 Å². The van der Waals surface area contributed by atoms with E-state index < -0.39 is 0 Å². The van der Waals surface area contributed by atoms with E-state index in [4.69, 9.17) is 9.47 Å². The second-order valence-electron chi connectivity index (χ2n) is 5.27. The van der Waals surface area contributed by atoms with Gasteiger partial charge in [-0.1, -0.05) is 23.8 Å². The van der Waals surface area contributed by atoms with E-state index in [1.54, 1.807) is 18.2 Å². The van der Waals surface area contributed by atoms with Crippen LogP contribution in [0.5, 0.6) is 11.5 Å². The number of amides is 1. The molecule has 0 radical (unpaired) electrons. The van der Waals surface area contributed by atoms with Crippen LogP contribution >= 0.6 is 0 Å². The Morgan fingerprint density at radius 3 is 1.91 bits per heavy atom. The van der Waals surface area contributed by atoms with Gasteiger partial charge in [0.2, 0.25) is 0 Å². The van der Waals surface area contributed by atoms with Gasteiger partial charge in [0.25, 0.3) is 5.91 Å². The number of rotatable bonds is 4. The van der Waals surface area contributed by atoms with Crippen LogP contribution in [-0.2, 0) is 0 Å². The monoisotopic (exact) mass is 299 g/mol. The third-order valence-electron chi connectivity index (χ3n) is 3.57. The summed E-state index contributed by atoms with van der Waals surface area (Å²) in [7, 11) is 3.07. The van der Waals surface area contributed by atoms with Crippen LogP contribution in [0.4, 0.5) is 5.69 Å². The van der Waals surface area contributed by atoms with Gasteiger partial charge in [0.1, 0.15) is 17.1 Å². The topological polar surface area (TPSA) is 47.6 Å². The van der Waals surface area contributed by atoms with Crippen molar-refractivity contribution in [1.29, 1.82) is 0 Å². The van der Waals surface area contributed by atoms with E-state index in [2.05, 4.69) is 5.32 Å². The summed E-state index contributed by atoms with van der Waals surface area (Å²) in [5, 5.41) is 2.97. The molecule has 0 heterocycles. The molecule has 0 bridgehead atoms. The second kappa shape index (κ2) is 6.52. The Labute approximate surface area is 131 Å². The predicted molar refractivity (Wildman–Crippen MR) is 88.2 cm³/mol. The zero-order valence-corrected chi connectivity index (χ0v) is 13.6. The summed E-state index contributed by atoms with van der Waals surface area (Å²) in [5.41, 5.74) is 4.44. The minimum Gasteiger partial charge on any atom is -0.496 e. The van der Waals surface area contributed by atoms with E-state index in [1.165, 1.54) is 19.8 Å². The Morgan fingerprint density at radius 1 is 0.955 bits per heavy atom. The minimum atomic E-state index is -0.246. The van der Waals surface area contributed by atoms with Gasteiger partial charge < -0.3 is 14.8 Å². The molecule has 0 unspecified atom stereocenters. The average molecular weight is 299 g/mol. The summed E-state index contributed by atoms with van der Waals surface area (Å²) in [4.78, 5) is 12.7. The predicted octanol–water partition coefficient (Wildman–Crippen LogP) is 3.88. The molecule has 0 aliphatic heterocycles. The second-order valence-corrected chi connectivity index (χ2v) is 5.27. The van der Waals surface area contributed by atoms with Crippen LogP contribution < -0.4 is 14.8 Å². The van der Waals surface area contributed by atoms with E-state index in [9.17, 15) is 4.79 Å². The first-order valence-electron chi connectivity index (χ1n) is 7.08. The Kier molecular flexibility index (Phi) is 4.71. The quantitative estimate of drug-likeness (QED) is 0.932. The molecular weight excluding hydrogens is 278 g/mol. The Morgan fingerprint density at radius 2 is 1.45 bits per heavy atom. The summed E-state index contributed by atoms with van der Waals surface area (Å²) >= 11 is 0. The first kappa shape index (κ1) is 15.9. The number of ether oxygens (including phenoxy) is 2. The van der Waals surface area contributed by atoms with Crippen LogP contribution in [0.25, 0.3) is 0 Å². The lowest BCUT2D eigenvalue weighted by molar-refractivity contribution is 0.102. The summed E-state index contributed by atoms with van der Waals surface area (Å²) in [6.45, 7) is 6.00. The lowest BCUT2D eigenvalue weighted by Crippen LogP contribution is -2.16. The largest absolute Gasteiger partial charge is 0.496 e. The highest BCUT2D eigenvalue weighted by atomic mass is 16.5. The van der Waals surface area contributed by atoms with E-state index >= 15 is 0 Å². The lowest BCUT2D eigenvalue weighted by atomic mass is 10.0. The van der Waals surface area contributed by atoms with Gasteiger partial charge in [0.15, 0.2) is 0 Å².